The zero-order valence-electron chi connectivity index (χ0n) is 24.2. The van der Waals surface area contributed by atoms with Crippen LogP contribution in [0.3, 0.4) is 0 Å². The predicted octanol–water partition coefficient (Wildman–Crippen LogP) is 4.15. The van der Waals surface area contributed by atoms with E-state index in [1.165, 1.54) is 22.6 Å². The SMILES string of the molecule is CCCCCN1CCOCCOCCOc2c(CC)cccc2NC(=O)c2nc(cnc2N)-c2ccc(cc2)S1(=O)=O. The van der Waals surface area contributed by atoms with Crippen LogP contribution in [0.25, 0.3) is 11.3 Å². The largest absolute Gasteiger partial charge is 0.489 e. The number of sulfonamides is 1. The van der Waals surface area contributed by atoms with Crippen molar-refractivity contribution in [1.82, 2.24) is 14.3 Å². The Morgan fingerprint density at radius 2 is 1.71 bits per heavy atom. The number of para-hydroxylation sites is 1. The van der Waals surface area contributed by atoms with Crippen LogP contribution in [0.2, 0.25) is 0 Å². The molecule has 0 saturated heterocycles. The van der Waals surface area contributed by atoms with E-state index in [0.29, 0.717) is 55.5 Å². The highest BCUT2D eigenvalue weighted by atomic mass is 32.2. The Labute approximate surface area is 247 Å². The minimum Gasteiger partial charge on any atom is -0.489 e. The Hall–Kier alpha value is -3.58. The number of anilines is 2. The Bertz CT molecular complexity index is 1450. The van der Waals surface area contributed by atoms with Crippen molar-refractivity contribution < 1.29 is 27.4 Å². The third kappa shape index (κ3) is 7.82. The number of rotatable bonds is 5. The molecular formula is C30H39N5O6S. The van der Waals surface area contributed by atoms with Crippen molar-refractivity contribution in [2.24, 2.45) is 0 Å². The summed E-state index contributed by atoms with van der Waals surface area (Å²) in [6, 6.07) is 11.9. The van der Waals surface area contributed by atoms with Crippen molar-refractivity contribution in [2.45, 2.75) is 44.4 Å². The summed E-state index contributed by atoms with van der Waals surface area (Å²) in [4.78, 5) is 22.1. The molecule has 3 heterocycles. The lowest BCUT2D eigenvalue weighted by Gasteiger charge is -2.22. The molecule has 3 N–H and O–H groups in total. The molecule has 5 rings (SSSR count). The Morgan fingerprint density at radius 3 is 2.45 bits per heavy atom. The van der Waals surface area contributed by atoms with E-state index in [2.05, 4.69) is 22.2 Å². The summed E-state index contributed by atoms with van der Waals surface area (Å²) in [6.07, 6.45) is 4.82. The molecule has 12 heteroatoms. The zero-order valence-corrected chi connectivity index (χ0v) is 25.0. The average Bonchev–Trinajstić information content (AvgIpc) is 2.99. The number of nitrogens with one attached hydrogen (secondary N) is 1. The normalized spacial score (nSPS) is 16.9. The second-order valence-electron chi connectivity index (χ2n) is 9.80. The molecule has 0 saturated carbocycles. The van der Waals surface area contributed by atoms with Gasteiger partial charge in [0.05, 0.1) is 48.9 Å². The molecule has 3 aromatic rings. The van der Waals surface area contributed by atoms with Gasteiger partial charge in [-0.05, 0) is 36.6 Å². The molecular weight excluding hydrogens is 558 g/mol. The van der Waals surface area contributed by atoms with E-state index < -0.39 is 15.9 Å². The maximum Gasteiger partial charge on any atom is 0.278 e. The fourth-order valence-corrected chi connectivity index (χ4v) is 6.01. The molecule has 1 aromatic heterocycles. The lowest BCUT2D eigenvalue weighted by Crippen LogP contribution is -2.35. The first-order valence-electron chi connectivity index (χ1n) is 14.3. The van der Waals surface area contributed by atoms with E-state index in [1.54, 1.807) is 18.2 Å². The summed E-state index contributed by atoms with van der Waals surface area (Å²) < 4.78 is 45.9. The van der Waals surface area contributed by atoms with Gasteiger partial charge in [-0.2, -0.15) is 4.31 Å². The number of unbranched alkanes of at least 4 members (excludes halogenated alkanes) is 2. The molecule has 2 aromatic carbocycles. The Morgan fingerprint density at radius 1 is 0.976 bits per heavy atom. The Kier molecular flexibility index (Phi) is 11.2. The molecule has 0 radical (unpaired) electrons. The van der Waals surface area contributed by atoms with E-state index >= 15 is 0 Å². The van der Waals surface area contributed by atoms with Crippen molar-refractivity contribution in [1.29, 1.82) is 0 Å². The number of carbonyl (C=O) groups excluding carboxylic acids is 1. The molecule has 0 unspecified atom stereocenters. The molecule has 42 heavy (non-hydrogen) atoms. The number of hydrogen-bond acceptors (Lipinski definition) is 9. The van der Waals surface area contributed by atoms with Crippen molar-refractivity contribution in [3.63, 3.8) is 0 Å². The fraction of sp³-hybridized carbons (Fsp3) is 0.433. The number of nitrogen functional groups attached to an aromatic ring is 1. The first kappa shape index (κ1) is 31.4. The molecule has 0 aliphatic carbocycles. The van der Waals surface area contributed by atoms with Gasteiger partial charge < -0.3 is 25.3 Å². The molecule has 0 atom stereocenters. The van der Waals surface area contributed by atoms with E-state index in [4.69, 9.17) is 19.9 Å². The quantitative estimate of drug-likeness (QED) is 0.327. The standard InChI is InChI=1S/C30H39N5O6S/c1-3-5-6-14-35-15-16-39-17-18-40-19-20-41-28-22(4-2)8-7-9-25(28)34-30(36)27-29(31)32-21-26(33-27)23-10-12-24(13-11-23)42(35,37)38/h7-13,21H,3-6,14-20H2,1-2H3,(H2,31,32)(H,34,36). The first-order chi connectivity index (χ1) is 20.3. The number of ether oxygens (including phenoxy) is 3. The fourth-order valence-electron chi connectivity index (χ4n) is 4.55. The number of carbonyl (C=O) groups is 1. The molecule has 11 nitrogen and oxygen atoms in total. The van der Waals surface area contributed by atoms with Gasteiger partial charge in [0, 0.05) is 18.7 Å². The number of benzene rings is 2. The third-order valence-corrected chi connectivity index (χ3v) is 8.78. The van der Waals surface area contributed by atoms with Crippen LogP contribution in [0.15, 0.2) is 53.6 Å². The summed E-state index contributed by atoms with van der Waals surface area (Å²) in [5, 5.41) is 2.86. The molecule has 1 amide bonds. The maximum atomic E-state index is 13.5. The van der Waals surface area contributed by atoms with Gasteiger partial charge in [-0.1, -0.05) is 51.0 Å². The highest BCUT2D eigenvalue weighted by Gasteiger charge is 2.24. The molecule has 0 spiro atoms. The summed E-state index contributed by atoms with van der Waals surface area (Å²) in [6.45, 7) is 6.19. The van der Waals surface area contributed by atoms with E-state index in [9.17, 15) is 13.2 Å². The van der Waals surface area contributed by atoms with Gasteiger partial charge in [-0.25, -0.2) is 18.4 Å². The highest BCUT2D eigenvalue weighted by molar-refractivity contribution is 7.89. The number of aryl methyl sites for hydroxylation is 1. The number of fused-ring (bicyclic) bond motifs is 13. The average molecular weight is 598 g/mol. The maximum absolute atomic E-state index is 13.5. The lowest BCUT2D eigenvalue weighted by molar-refractivity contribution is 0.0338. The van der Waals surface area contributed by atoms with Crippen molar-refractivity contribution in [3.8, 4) is 17.0 Å². The predicted molar refractivity (Wildman–Crippen MR) is 161 cm³/mol. The number of nitrogens with two attached hydrogens (primary N) is 1. The number of amides is 1. The molecule has 226 valence electrons. The van der Waals surface area contributed by atoms with Gasteiger partial charge in [-0.15, -0.1) is 0 Å². The van der Waals surface area contributed by atoms with Crippen molar-refractivity contribution in [3.05, 3.63) is 59.9 Å². The van der Waals surface area contributed by atoms with Gasteiger partial charge in [0.25, 0.3) is 5.91 Å². The van der Waals surface area contributed by atoms with Crippen molar-refractivity contribution >= 4 is 27.4 Å². The van der Waals surface area contributed by atoms with Crippen molar-refractivity contribution in [2.75, 3.05) is 57.2 Å². The van der Waals surface area contributed by atoms with Gasteiger partial charge in [0.1, 0.15) is 12.4 Å². The highest BCUT2D eigenvalue weighted by Crippen LogP contribution is 2.30. The van der Waals surface area contributed by atoms with Gasteiger partial charge >= 0.3 is 0 Å². The number of aromatic nitrogens is 2. The van der Waals surface area contributed by atoms with Crippen LogP contribution in [0, 0.1) is 0 Å². The summed E-state index contributed by atoms with van der Waals surface area (Å²) in [5.41, 5.74) is 8.38. The van der Waals surface area contributed by atoms with Crippen LogP contribution in [-0.4, -0.2) is 74.7 Å². The number of hydrogen-bond donors (Lipinski definition) is 2. The van der Waals surface area contributed by atoms with Crippen LogP contribution >= 0.6 is 0 Å². The summed E-state index contributed by atoms with van der Waals surface area (Å²) >= 11 is 0. The van der Waals surface area contributed by atoms with Crippen LogP contribution < -0.4 is 15.8 Å². The van der Waals surface area contributed by atoms with Gasteiger partial charge in [-0.3, -0.25) is 4.79 Å². The van der Waals surface area contributed by atoms with Gasteiger partial charge in [0.2, 0.25) is 10.0 Å². The molecule has 0 fully saturated rings. The summed E-state index contributed by atoms with van der Waals surface area (Å²) in [5.74, 6) is -0.0206. The monoisotopic (exact) mass is 597 g/mol. The van der Waals surface area contributed by atoms with Crippen LogP contribution in [0.1, 0.15) is 49.2 Å². The van der Waals surface area contributed by atoms with Crippen LogP contribution in [-0.2, 0) is 25.9 Å². The lowest BCUT2D eigenvalue weighted by atomic mass is 10.1. The van der Waals surface area contributed by atoms with Crippen LogP contribution in [0.5, 0.6) is 5.75 Å². The Balaban J connectivity index is 1.67. The zero-order chi connectivity index (χ0) is 30.0. The smallest absolute Gasteiger partial charge is 0.278 e. The van der Waals surface area contributed by atoms with E-state index in [-0.39, 0.29) is 36.2 Å². The number of nitrogens with zero attached hydrogens (tertiary/aromatic N) is 3. The van der Waals surface area contributed by atoms with E-state index in [0.717, 1.165) is 24.8 Å². The van der Waals surface area contributed by atoms with E-state index in [1.807, 2.05) is 19.1 Å². The van der Waals surface area contributed by atoms with Crippen LogP contribution in [0.4, 0.5) is 11.5 Å². The molecule has 2 aliphatic rings. The third-order valence-electron chi connectivity index (χ3n) is 6.87. The first-order valence-corrected chi connectivity index (χ1v) is 15.7. The second-order valence-corrected chi connectivity index (χ2v) is 11.7. The minimum absolute atomic E-state index is 0.0302. The minimum atomic E-state index is -3.76. The summed E-state index contributed by atoms with van der Waals surface area (Å²) in [7, 11) is -3.76. The topological polar surface area (TPSA) is 146 Å². The second kappa shape index (κ2) is 15.1. The molecule has 4 bridgehead atoms. The molecule has 2 aliphatic heterocycles. The van der Waals surface area contributed by atoms with Gasteiger partial charge in [0.15, 0.2) is 11.5 Å².